The van der Waals surface area contributed by atoms with E-state index in [1.165, 1.54) is 0 Å². The zero-order chi connectivity index (χ0) is 13.2. The van der Waals surface area contributed by atoms with Gasteiger partial charge in [0.05, 0.1) is 11.9 Å². The van der Waals surface area contributed by atoms with Gasteiger partial charge in [0.1, 0.15) is 0 Å². The predicted molar refractivity (Wildman–Crippen MR) is 76.0 cm³/mol. The highest BCUT2D eigenvalue weighted by Crippen LogP contribution is 2.29. The largest absolute Gasteiger partial charge is 0.387 e. The fraction of sp³-hybridized carbons (Fsp3) is 0.462. The Labute approximate surface area is 113 Å². The lowest BCUT2D eigenvalue weighted by atomic mass is 9.95. The van der Waals surface area contributed by atoms with E-state index in [4.69, 9.17) is 28.9 Å². The first-order valence-corrected chi connectivity index (χ1v) is 6.26. The first-order valence-electron chi connectivity index (χ1n) is 5.50. The van der Waals surface area contributed by atoms with Crippen molar-refractivity contribution in [3.05, 3.63) is 33.8 Å². The number of hydrogen-bond acceptors (Lipinski definition) is 1. The Balaban J connectivity index is 3.02. The summed E-state index contributed by atoms with van der Waals surface area (Å²) in [6.45, 7) is 8.06. The topological polar surface area (TPSA) is 38.4 Å². The van der Waals surface area contributed by atoms with Gasteiger partial charge in [-0.1, -0.05) is 50.0 Å². The summed E-state index contributed by atoms with van der Waals surface area (Å²) in [6, 6.07) is 5.34. The van der Waals surface area contributed by atoms with Gasteiger partial charge in [-0.15, -0.1) is 0 Å². The Hall–Kier alpha value is -0.730. The van der Waals surface area contributed by atoms with E-state index in [0.29, 0.717) is 15.9 Å². The molecule has 2 nitrogen and oxygen atoms in total. The van der Waals surface area contributed by atoms with Gasteiger partial charge in [0, 0.05) is 15.5 Å². The van der Waals surface area contributed by atoms with Gasteiger partial charge in [0.2, 0.25) is 0 Å². The predicted octanol–water partition coefficient (Wildman–Crippen LogP) is 4.46. The monoisotopic (exact) mass is 272 g/mol. The molecule has 2 N–H and O–H groups in total. The molecule has 0 amide bonds. The molecule has 0 radical (unpaired) electrons. The molecular formula is C13H18Cl2N2. The van der Waals surface area contributed by atoms with Crippen molar-refractivity contribution in [2.75, 3.05) is 0 Å². The normalized spacial score (nSPS) is 14.8. The van der Waals surface area contributed by atoms with Gasteiger partial charge in [-0.05, 0) is 24.6 Å². The third kappa shape index (κ3) is 3.90. The average Bonchev–Trinajstić information content (AvgIpc) is 2.15. The maximum Gasteiger partial charge on any atom is 0.0998 e. The van der Waals surface area contributed by atoms with E-state index in [0.717, 1.165) is 5.56 Å². The van der Waals surface area contributed by atoms with Crippen molar-refractivity contribution in [2.24, 2.45) is 16.1 Å². The minimum atomic E-state index is -0.132. The smallest absolute Gasteiger partial charge is 0.0998 e. The van der Waals surface area contributed by atoms with Gasteiger partial charge < -0.3 is 5.73 Å². The lowest BCUT2D eigenvalue weighted by molar-refractivity contribution is 0.575. The van der Waals surface area contributed by atoms with Crippen LogP contribution in [0.4, 0.5) is 0 Å². The van der Waals surface area contributed by atoms with E-state index >= 15 is 0 Å². The fourth-order valence-corrected chi connectivity index (χ4v) is 1.88. The van der Waals surface area contributed by atoms with E-state index in [2.05, 4.69) is 4.99 Å². The molecule has 0 saturated heterocycles. The molecule has 0 heterocycles. The number of halogens is 2. The Bertz CT molecular complexity index is 434. The van der Waals surface area contributed by atoms with Crippen LogP contribution in [0.15, 0.2) is 23.2 Å². The summed E-state index contributed by atoms with van der Waals surface area (Å²) >= 11 is 12.0. The van der Waals surface area contributed by atoms with Gasteiger partial charge in [0.15, 0.2) is 0 Å². The second-order valence-corrected chi connectivity index (χ2v) is 5.95. The third-order valence-electron chi connectivity index (χ3n) is 2.51. The second kappa shape index (κ2) is 5.28. The lowest BCUT2D eigenvalue weighted by Crippen LogP contribution is -2.29. The molecule has 1 rings (SSSR count). The maximum atomic E-state index is 6.13. The van der Waals surface area contributed by atoms with Gasteiger partial charge in [-0.25, -0.2) is 0 Å². The van der Waals surface area contributed by atoms with E-state index < -0.39 is 0 Å². The van der Waals surface area contributed by atoms with Crippen LogP contribution in [0.1, 0.15) is 39.3 Å². The molecule has 4 heteroatoms. The van der Waals surface area contributed by atoms with E-state index in [1.807, 2.05) is 39.8 Å². The summed E-state index contributed by atoms with van der Waals surface area (Å²) in [5, 5.41) is 1.24. The zero-order valence-electron chi connectivity index (χ0n) is 10.6. The van der Waals surface area contributed by atoms with E-state index in [9.17, 15) is 0 Å². The molecule has 1 atom stereocenters. The van der Waals surface area contributed by atoms with Crippen LogP contribution in [0, 0.1) is 5.41 Å². The van der Waals surface area contributed by atoms with Crippen LogP contribution in [-0.4, -0.2) is 5.84 Å². The first kappa shape index (κ1) is 14.3. The van der Waals surface area contributed by atoms with Crippen LogP contribution in [0.2, 0.25) is 10.0 Å². The highest BCUT2D eigenvalue weighted by atomic mass is 35.5. The van der Waals surface area contributed by atoms with Crippen molar-refractivity contribution >= 4 is 29.0 Å². The summed E-state index contributed by atoms with van der Waals surface area (Å²) in [6.07, 6.45) is 0. The van der Waals surface area contributed by atoms with Crippen molar-refractivity contribution in [3.63, 3.8) is 0 Å². The highest BCUT2D eigenvalue weighted by Gasteiger charge is 2.17. The number of rotatable bonds is 2. The molecule has 0 aliphatic rings. The molecule has 0 saturated carbocycles. The number of nitrogens with zero attached hydrogens (tertiary/aromatic N) is 1. The number of nitrogens with two attached hydrogens (primary N) is 1. The van der Waals surface area contributed by atoms with Gasteiger partial charge in [-0.2, -0.15) is 0 Å². The van der Waals surface area contributed by atoms with Crippen LogP contribution in [0.5, 0.6) is 0 Å². The molecule has 0 bridgehead atoms. The number of benzene rings is 1. The molecule has 0 fully saturated rings. The first-order chi connectivity index (χ1) is 7.71. The van der Waals surface area contributed by atoms with Gasteiger partial charge >= 0.3 is 0 Å². The van der Waals surface area contributed by atoms with Crippen molar-refractivity contribution in [1.82, 2.24) is 0 Å². The number of aliphatic imine (C=N–C) groups is 1. The van der Waals surface area contributed by atoms with E-state index in [1.54, 1.807) is 6.07 Å². The molecule has 0 aliphatic carbocycles. The molecular weight excluding hydrogens is 255 g/mol. The summed E-state index contributed by atoms with van der Waals surface area (Å²) < 4.78 is 0. The molecule has 94 valence electrons. The quantitative estimate of drug-likeness (QED) is 0.627. The summed E-state index contributed by atoms with van der Waals surface area (Å²) in [5.74, 6) is 0.621. The van der Waals surface area contributed by atoms with Crippen LogP contribution < -0.4 is 5.73 Å². The van der Waals surface area contributed by atoms with Gasteiger partial charge in [0.25, 0.3) is 0 Å². The summed E-state index contributed by atoms with van der Waals surface area (Å²) in [5.41, 5.74) is 6.75. The zero-order valence-corrected chi connectivity index (χ0v) is 12.1. The SMILES string of the molecule is CC(N=C(N)C(C)(C)C)c1ccc(Cl)cc1Cl. The van der Waals surface area contributed by atoms with Crippen molar-refractivity contribution in [1.29, 1.82) is 0 Å². The fourth-order valence-electron chi connectivity index (χ4n) is 1.31. The highest BCUT2D eigenvalue weighted by molar-refractivity contribution is 6.35. The minimum Gasteiger partial charge on any atom is -0.387 e. The molecule has 0 spiro atoms. The minimum absolute atomic E-state index is 0.0704. The standard InChI is InChI=1S/C13H18Cl2N2/c1-8(17-12(16)13(2,3)4)10-6-5-9(14)7-11(10)15/h5-8H,1-4H3,(H2,16,17). The molecule has 0 aromatic heterocycles. The molecule has 1 aromatic carbocycles. The summed E-state index contributed by atoms with van der Waals surface area (Å²) in [7, 11) is 0. The lowest BCUT2D eigenvalue weighted by Gasteiger charge is -2.20. The molecule has 17 heavy (non-hydrogen) atoms. The molecule has 1 aromatic rings. The van der Waals surface area contributed by atoms with Crippen molar-refractivity contribution < 1.29 is 0 Å². The number of amidine groups is 1. The van der Waals surface area contributed by atoms with Gasteiger partial charge in [-0.3, -0.25) is 4.99 Å². The average molecular weight is 273 g/mol. The van der Waals surface area contributed by atoms with Crippen LogP contribution in [0.3, 0.4) is 0 Å². The van der Waals surface area contributed by atoms with Crippen LogP contribution in [-0.2, 0) is 0 Å². The maximum absolute atomic E-state index is 6.13. The molecule has 0 aliphatic heterocycles. The van der Waals surface area contributed by atoms with Crippen LogP contribution >= 0.6 is 23.2 Å². The van der Waals surface area contributed by atoms with Crippen molar-refractivity contribution in [2.45, 2.75) is 33.7 Å². The second-order valence-electron chi connectivity index (χ2n) is 5.11. The third-order valence-corrected chi connectivity index (χ3v) is 3.08. The summed E-state index contributed by atoms with van der Waals surface area (Å²) in [4.78, 5) is 4.48. The molecule has 1 unspecified atom stereocenters. The Morgan fingerprint density at radius 2 is 1.88 bits per heavy atom. The Morgan fingerprint density at radius 3 is 2.35 bits per heavy atom. The van der Waals surface area contributed by atoms with Crippen LogP contribution in [0.25, 0.3) is 0 Å². The van der Waals surface area contributed by atoms with Crippen molar-refractivity contribution in [3.8, 4) is 0 Å². The van der Waals surface area contributed by atoms with E-state index in [-0.39, 0.29) is 11.5 Å². The Kier molecular flexibility index (Phi) is 4.45. The Morgan fingerprint density at radius 1 is 1.29 bits per heavy atom. The number of hydrogen-bond donors (Lipinski definition) is 1.